The minimum Gasteiger partial charge on any atom is -0.479 e. The summed E-state index contributed by atoms with van der Waals surface area (Å²) in [5, 5.41) is 31.4. The van der Waals surface area contributed by atoms with Gasteiger partial charge in [0.1, 0.15) is 18.8 Å². The second-order valence-corrected chi connectivity index (χ2v) is 19.9. The third-order valence-electron chi connectivity index (χ3n) is 12.9. The highest BCUT2D eigenvalue weighted by Gasteiger charge is 2.50. The second kappa shape index (κ2) is 50.7. The highest BCUT2D eigenvalue weighted by atomic mass is 16.7. The monoisotopic (exact) mass is 1050 g/mol. The highest BCUT2D eigenvalue weighted by Crippen LogP contribution is 2.26. The zero-order valence-electron chi connectivity index (χ0n) is 47.0. The van der Waals surface area contributed by atoms with Crippen LogP contribution in [-0.4, -0.2) is 89.2 Å². The van der Waals surface area contributed by atoms with Crippen molar-refractivity contribution in [2.24, 2.45) is 0 Å². The minimum absolute atomic E-state index is 0.0435. The van der Waals surface area contributed by atoms with Crippen molar-refractivity contribution in [3.05, 3.63) is 85.1 Å². The van der Waals surface area contributed by atoms with Gasteiger partial charge in [0.05, 0.1) is 6.61 Å². The Kier molecular flexibility index (Phi) is 46.6. The number of carbonyl (C=O) groups is 4. The smallest absolute Gasteiger partial charge is 0.335 e. The molecule has 0 saturated carbocycles. The number of hydrogen-bond donors (Lipinski definition) is 3. The molecule has 12 nitrogen and oxygen atoms in total. The Morgan fingerprint density at radius 3 is 1.33 bits per heavy atom. The number of aliphatic hydroxyl groups excluding tert-OH is 2. The van der Waals surface area contributed by atoms with Crippen molar-refractivity contribution in [3.63, 3.8) is 0 Å². The summed E-state index contributed by atoms with van der Waals surface area (Å²) in [6.45, 7) is 5.77. The third-order valence-corrected chi connectivity index (χ3v) is 12.9. The largest absolute Gasteiger partial charge is 0.479 e. The molecule has 0 bridgehead atoms. The summed E-state index contributed by atoms with van der Waals surface area (Å²) in [5.74, 6) is -3.17. The van der Waals surface area contributed by atoms with Crippen molar-refractivity contribution in [2.45, 2.75) is 276 Å². The third kappa shape index (κ3) is 40.8. The van der Waals surface area contributed by atoms with Crippen LogP contribution in [0.2, 0.25) is 0 Å². The summed E-state index contributed by atoms with van der Waals surface area (Å²) >= 11 is 0. The molecule has 0 aromatic heterocycles. The van der Waals surface area contributed by atoms with E-state index in [4.69, 9.17) is 23.7 Å². The molecule has 0 aromatic carbocycles. The predicted octanol–water partition coefficient (Wildman–Crippen LogP) is 15.1. The summed E-state index contributed by atoms with van der Waals surface area (Å²) in [6, 6.07) is 0. The van der Waals surface area contributed by atoms with Crippen LogP contribution < -0.4 is 0 Å². The number of carboxylic acid groups (broad SMARTS) is 1. The number of ether oxygens (including phenoxy) is 5. The van der Waals surface area contributed by atoms with Crippen LogP contribution in [0.5, 0.6) is 0 Å². The number of rotatable bonds is 49. The van der Waals surface area contributed by atoms with E-state index in [0.717, 1.165) is 141 Å². The van der Waals surface area contributed by atoms with E-state index in [-0.39, 0.29) is 25.9 Å². The van der Waals surface area contributed by atoms with E-state index in [1.54, 1.807) is 0 Å². The summed E-state index contributed by atoms with van der Waals surface area (Å²) in [7, 11) is 0. The predicted molar refractivity (Wildman–Crippen MR) is 303 cm³/mol. The first kappa shape index (κ1) is 68.9. The van der Waals surface area contributed by atoms with Gasteiger partial charge in [-0.25, -0.2) is 4.79 Å². The number of allylic oxidation sites excluding steroid dienone is 14. The standard InChI is InChI=1S/C63H104O12/c1-4-7-10-13-16-19-22-24-26-27-28-29-31-32-35-37-40-43-46-49-55(64)71-52-54(73-56(65)50-47-44-41-39-36-33-30-25-23-20-17-14-11-8-5-2)53-72-63-61(59(68)58(67)60(75-63)62(69)70)74-57(66)51-48-45-42-38-34-21-18-15-12-9-6-3/h8,11,15-20,24-26,28-30,54,58-61,63,67-68H,4-7,9-10,12-14,21-23,27,31-53H2,1-3H3,(H,69,70)/b11-8-,18-15-,19-16-,20-17-,26-24-,29-28-,30-25-. The van der Waals surface area contributed by atoms with E-state index >= 15 is 0 Å². The van der Waals surface area contributed by atoms with Gasteiger partial charge in [-0.3, -0.25) is 14.4 Å². The summed E-state index contributed by atoms with van der Waals surface area (Å²) < 4.78 is 28.4. The Balaban J connectivity index is 2.70. The van der Waals surface area contributed by atoms with Crippen LogP contribution in [0.25, 0.3) is 0 Å². The molecule has 0 amide bonds. The van der Waals surface area contributed by atoms with Crippen molar-refractivity contribution in [1.82, 2.24) is 0 Å². The van der Waals surface area contributed by atoms with Crippen molar-refractivity contribution in [2.75, 3.05) is 13.2 Å². The maximum absolute atomic E-state index is 13.1. The molecule has 0 radical (unpaired) electrons. The lowest BCUT2D eigenvalue weighted by molar-refractivity contribution is -0.301. The van der Waals surface area contributed by atoms with E-state index in [2.05, 4.69) is 106 Å². The molecular formula is C63H104O12. The van der Waals surface area contributed by atoms with Crippen molar-refractivity contribution in [3.8, 4) is 0 Å². The molecule has 0 aromatic rings. The lowest BCUT2D eigenvalue weighted by Crippen LogP contribution is -2.61. The van der Waals surface area contributed by atoms with Gasteiger partial charge in [-0.05, 0) is 109 Å². The first-order valence-electron chi connectivity index (χ1n) is 29.6. The molecule has 1 aliphatic heterocycles. The average molecular weight is 1050 g/mol. The van der Waals surface area contributed by atoms with Gasteiger partial charge >= 0.3 is 23.9 Å². The Bertz CT molecular complexity index is 1630. The fraction of sp³-hybridized carbons (Fsp3) is 0.714. The summed E-state index contributed by atoms with van der Waals surface area (Å²) in [5.41, 5.74) is 0. The highest BCUT2D eigenvalue weighted by molar-refractivity contribution is 5.74. The van der Waals surface area contributed by atoms with Gasteiger partial charge in [0.2, 0.25) is 0 Å². The molecule has 6 atom stereocenters. The molecule has 12 heteroatoms. The lowest BCUT2D eigenvalue weighted by Gasteiger charge is -2.40. The topological polar surface area (TPSA) is 175 Å². The number of unbranched alkanes of at least 4 members (excludes halogenated alkanes) is 21. The van der Waals surface area contributed by atoms with E-state index in [9.17, 15) is 34.5 Å². The van der Waals surface area contributed by atoms with Crippen LogP contribution in [0, 0.1) is 0 Å². The number of aliphatic carboxylic acids is 1. The molecule has 1 rings (SSSR count). The first-order valence-corrected chi connectivity index (χ1v) is 29.6. The van der Waals surface area contributed by atoms with Gasteiger partial charge in [0.15, 0.2) is 24.6 Å². The first-order chi connectivity index (χ1) is 36.6. The van der Waals surface area contributed by atoms with Gasteiger partial charge in [0, 0.05) is 19.3 Å². The molecule has 1 aliphatic rings. The summed E-state index contributed by atoms with van der Waals surface area (Å²) in [4.78, 5) is 51.1. The lowest BCUT2D eigenvalue weighted by atomic mass is 9.98. The van der Waals surface area contributed by atoms with Gasteiger partial charge in [0.25, 0.3) is 0 Å². The quantitative estimate of drug-likeness (QED) is 0.0228. The zero-order valence-corrected chi connectivity index (χ0v) is 47.0. The van der Waals surface area contributed by atoms with Crippen LogP contribution in [0.1, 0.15) is 239 Å². The van der Waals surface area contributed by atoms with Crippen LogP contribution >= 0.6 is 0 Å². The van der Waals surface area contributed by atoms with Gasteiger partial charge in [-0.2, -0.15) is 0 Å². The Morgan fingerprint density at radius 1 is 0.453 bits per heavy atom. The van der Waals surface area contributed by atoms with Crippen LogP contribution in [0.15, 0.2) is 85.1 Å². The van der Waals surface area contributed by atoms with Crippen molar-refractivity contribution in [1.29, 1.82) is 0 Å². The van der Waals surface area contributed by atoms with Gasteiger partial charge in [-0.1, -0.05) is 196 Å². The molecule has 428 valence electrons. The Morgan fingerprint density at radius 2 is 0.853 bits per heavy atom. The molecule has 0 aliphatic carbocycles. The number of carboxylic acids is 1. The Labute approximate surface area is 454 Å². The molecule has 3 N–H and O–H groups in total. The van der Waals surface area contributed by atoms with Crippen molar-refractivity contribution >= 4 is 23.9 Å². The van der Waals surface area contributed by atoms with Gasteiger partial charge < -0.3 is 39.0 Å². The van der Waals surface area contributed by atoms with Crippen molar-refractivity contribution < 1.29 is 58.2 Å². The van der Waals surface area contributed by atoms with Gasteiger partial charge in [-0.15, -0.1) is 0 Å². The van der Waals surface area contributed by atoms with Crippen LogP contribution in [0.3, 0.4) is 0 Å². The molecule has 0 spiro atoms. The van der Waals surface area contributed by atoms with Crippen LogP contribution in [0.4, 0.5) is 0 Å². The molecule has 1 fully saturated rings. The minimum atomic E-state index is -1.91. The van der Waals surface area contributed by atoms with E-state index < -0.39 is 67.3 Å². The SMILES string of the molecule is CC/C=C\C/C=C\C/C=C\CCCCCCCC(=O)OC(COC(=O)CCCCCCCC/C=C\C/C=C\C/C=C\CCCCC)COC1OC(C(=O)O)C(O)C(O)C1OC(=O)CCCCCCC/C=C\CCCC. The molecule has 1 heterocycles. The zero-order chi connectivity index (χ0) is 54.7. The van der Waals surface area contributed by atoms with E-state index in [1.165, 1.54) is 38.5 Å². The fourth-order valence-electron chi connectivity index (χ4n) is 8.37. The van der Waals surface area contributed by atoms with E-state index in [1.807, 2.05) is 0 Å². The number of hydrogen-bond acceptors (Lipinski definition) is 11. The molecule has 75 heavy (non-hydrogen) atoms. The maximum atomic E-state index is 13.1. The number of carbonyl (C=O) groups excluding carboxylic acids is 3. The molecular weight excluding hydrogens is 949 g/mol. The fourth-order valence-corrected chi connectivity index (χ4v) is 8.37. The second-order valence-electron chi connectivity index (χ2n) is 19.9. The average Bonchev–Trinajstić information content (AvgIpc) is 3.39. The Hall–Kier alpha value is -4.10. The molecule has 1 saturated heterocycles. The van der Waals surface area contributed by atoms with Crippen LogP contribution in [-0.2, 0) is 42.9 Å². The summed E-state index contributed by atoms with van der Waals surface area (Å²) in [6.07, 6.45) is 52.7. The number of esters is 3. The number of aliphatic hydroxyl groups is 2. The molecule has 6 unspecified atom stereocenters. The van der Waals surface area contributed by atoms with E-state index in [0.29, 0.717) is 19.3 Å². The normalized spacial score (nSPS) is 18.8. The maximum Gasteiger partial charge on any atom is 0.335 e.